The molecule has 0 fully saturated rings. The van der Waals surface area contributed by atoms with Crippen molar-refractivity contribution in [2.75, 3.05) is 14.1 Å². The number of hydrazone groups is 1. The largest absolute Gasteiger partial charge is 0.488 e. The number of halogens is 2. The van der Waals surface area contributed by atoms with E-state index in [0.29, 0.717) is 11.6 Å². The highest BCUT2D eigenvalue weighted by molar-refractivity contribution is 6.02. The van der Waals surface area contributed by atoms with Crippen molar-refractivity contribution < 1.29 is 13.5 Å². The second kappa shape index (κ2) is 7.77. The highest BCUT2D eigenvalue weighted by Gasteiger charge is 2.14. The average molecular weight is 356 g/mol. The molecule has 1 aromatic heterocycles. The van der Waals surface area contributed by atoms with Gasteiger partial charge in [-0.3, -0.25) is 4.57 Å². The van der Waals surface area contributed by atoms with Gasteiger partial charge in [-0.15, -0.1) is 0 Å². The van der Waals surface area contributed by atoms with E-state index in [1.807, 2.05) is 32.3 Å². The second-order valence-electron chi connectivity index (χ2n) is 5.76. The van der Waals surface area contributed by atoms with E-state index in [1.165, 1.54) is 12.1 Å². The Bertz CT molecular complexity index is 908. The average Bonchev–Trinajstić information content (AvgIpc) is 3.13. The third-order valence-corrected chi connectivity index (χ3v) is 3.57. The van der Waals surface area contributed by atoms with E-state index < -0.39 is 11.6 Å². The summed E-state index contributed by atoms with van der Waals surface area (Å²) in [5.74, 6) is -0.111. The summed E-state index contributed by atoms with van der Waals surface area (Å²) < 4.78 is 34.5. The number of benzene rings is 2. The third-order valence-electron chi connectivity index (χ3n) is 3.57. The molecule has 5 nitrogen and oxygen atoms in total. The van der Waals surface area contributed by atoms with Gasteiger partial charge >= 0.3 is 0 Å². The van der Waals surface area contributed by atoms with Gasteiger partial charge in [0.2, 0.25) is 0 Å². The molecule has 0 spiro atoms. The van der Waals surface area contributed by atoms with Gasteiger partial charge in [0.05, 0.1) is 5.56 Å². The van der Waals surface area contributed by atoms with Crippen molar-refractivity contribution in [2.45, 2.75) is 6.61 Å². The molecule has 0 radical (unpaired) electrons. The maximum Gasteiger partial charge on any atom is 0.168 e. The van der Waals surface area contributed by atoms with Crippen molar-refractivity contribution in [3.8, 4) is 5.75 Å². The van der Waals surface area contributed by atoms with E-state index >= 15 is 0 Å². The fourth-order valence-corrected chi connectivity index (χ4v) is 2.39. The molecule has 0 unspecified atom stereocenters. The number of hydrogen-bond acceptors (Lipinski definition) is 4. The summed E-state index contributed by atoms with van der Waals surface area (Å²) in [5, 5.41) is 6.18. The van der Waals surface area contributed by atoms with E-state index in [4.69, 9.17) is 4.74 Å². The van der Waals surface area contributed by atoms with Crippen LogP contribution in [0.5, 0.6) is 5.75 Å². The maximum atomic E-state index is 13.8. The van der Waals surface area contributed by atoms with Gasteiger partial charge in [0, 0.05) is 38.1 Å². The van der Waals surface area contributed by atoms with Gasteiger partial charge in [0.15, 0.2) is 5.84 Å². The van der Waals surface area contributed by atoms with E-state index in [9.17, 15) is 8.78 Å². The minimum Gasteiger partial charge on any atom is -0.488 e. The Morgan fingerprint density at radius 1 is 1.19 bits per heavy atom. The van der Waals surface area contributed by atoms with Crippen molar-refractivity contribution in [3.63, 3.8) is 0 Å². The van der Waals surface area contributed by atoms with Gasteiger partial charge in [-0.25, -0.2) is 13.8 Å². The zero-order valence-corrected chi connectivity index (χ0v) is 14.4. The predicted molar refractivity (Wildman–Crippen MR) is 95.0 cm³/mol. The molecule has 1 heterocycles. The van der Waals surface area contributed by atoms with Gasteiger partial charge in [-0.05, 0) is 24.3 Å². The molecule has 0 bridgehead atoms. The van der Waals surface area contributed by atoms with Gasteiger partial charge < -0.3 is 9.75 Å². The van der Waals surface area contributed by atoms with Gasteiger partial charge in [-0.2, -0.15) is 5.10 Å². The van der Waals surface area contributed by atoms with Crippen LogP contribution in [-0.2, 0) is 6.61 Å². The molecule has 26 heavy (non-hydrogen) atoms. The first-order valence-corrected chi connectivity index (χ1v) is 7.95. The number of ether oxygens (including phenoxy) is 1. The Morgan fingerprint density at radius 3 is 2.69 bits per heavy atom. The Labute approximate surface area is 150 Å². The van der Waals surface area contributed by atoms with Gasteiger partial charge in [0.1, 0.15) is 30.3 Å². The minimum absolute atomic E-state index is 0.0255. The molecular formula is C19H18F2N4O. The van der Waals surface area contributed by atoms with Crippen LogP contribution in [0.3, 0.4) is 0 Å². The lowest BCUT2D eigenvalue weighted by Gasteiger charge is -2.16. The molecule has 0 amide bonds. The predicted octanol–water partition coefficient (Wildman–Crippen LogP) is 3.51. The minimum atomic E-state index is -0.640. The normalized spacial score (nSPS) is 11.5. The standard InChI is InChI=1S/C19H18F2N4O/c1-24(2)23-19(25-10-9-22-13-25)16-5-3-4-6-18(16)26-12-14-7-8-15(20)11-17(14)21/h3-11,13H,12H2,1-2H3/b23-19+. The van der Waals surface area contributed by atoms with Crippen LogP contribution in [0.25, 0.3) is 0 Å². The molecule has 0 N–H and O–H groups in total. The highest BCUT2D eigenvalue weighted by atomic mass is 19.1. The summed E-state index contributed by atoms with van der Waals surface area (Å²) in [5.41, 5.74) is 0.997. The van der Waals surface area contributed by atoms with Gasteiger partial charge in [0.25, 0.3) is 0 Å². The first-order valence-electron chi connectivity index (χ1n) is 7.95. The quantitative estimate of drug-likeness (QED) is 0.399. The van der Waals surface area contributed by atoms with Gasteiger partial charge in [-0.1, -0.05) is 12.1 Å². The van der Waals surface area contributed by atoms with Crippen LogP contribution < -0.4 is 4.74 Å². The summed E-state index contributed by atoms with van der Waals surface area (Å²) >= 11 is 0. The lowest BCUT2D eigenvalue weighted by Crippen LogP contribution is -2.18. The number of nitrogens with zero attached hydrogens (tertiary/aromatic N) is 4. The smallest absolute Gasteiger partial charge is 0.168 e. The van der Waals surface area contributed by atoms with Crippen molar-refractivity contribution in [1.29, 1.82) is 0 Å². The topological polar surface area (TPSA) is 42.6 Å². The summed E-state index contributed by atoms with van der Waals surface area (Å²) in [6.45, 7) is -0.0255. The number of aromatic nitrogens is 2. The molecule has 0 aliphatic heterocycles. The van der Waals surface area contributed by atoms with Crippen LogP contribution in [0.1, 0.15) is 11.1 Å². The van der Waals surface area contributed by atoms with Crippen LogP contribution in [0, 0.1) is 11.6 Å². The monoisotopic (exact) mass is 356 g/mol. The highest BCUT2D eigenvalue weighted by Crippen LogP contribution is 2.22. The Balaban J connectivity index is 1.92. The van der Waals surface area contributed by atoms with Crippen molar-refractivity contribution in [2.24, 2.45) is 5.10 Å². The molecular weight excluding hydrogens is 338 g/mol. The number of rotatable bonds is 5. The van der Waals surface area contributed by atoms with Crippen LogP contribution in [0.4, 0.5) is 8.78 Å². The zero-order valence-electron chi connectivity index (χ0n) is 14.4. The summed E-state index contributed by atoms with van der Waals surface area (Å²) in [4.78, 5) is 4.06. The molecule has 134 valence electrons. The lowest BCUT2D eigenvalue weighted by atomic mass is 10.1. The fraction of sp³-hybridized carbons (Fsp3) is 0.158. The molecule has 0 atom stereocenters. The Morgan fingerprint density at radius 2 is 2.00 bits per heavy atom. The second-order valence-corrected chi connectivity index (χ2v) is 5.76. The van der Waals surface area contributed by atoms with Crippen LogP contribution in [-0.4, -0.2) is 34.5 Å². The summed E-state index contributed by atoms with van der Waals surface area (Å²) in [7, 11) is 3.63. The van der Waals surface area contributed by atoms with E-state index in [2.05, 4.69) is 10.1 Å². The zero-order chi connectivity index (χ0) is 18.5. The molecule has 7 heteroatoms. The van der Waals surface area contributed by atoms with Crippen LogP contribution in [0.2, 0.25) is 0 Å². The van der Waals surface area contributed by atoms with E-state index in [1.54, 1.807) is 34.4 Å². The molecule has 0 saturated carbocycles. The molecule has 3 rings (SSSR count). The lowest BCUT2D eigenvalue weighted by molar-refractivity contribution is 0.298. The third kappa shape index (κ3) is 4.05. The molecule has 0 aliphatic carbocycles. The number of hydrogen-bond donors (Lipinski definition) is 0. The molecule has 0 aliphatic rings. The van der Waals surface area contributed by atoms with Crippen molar-refractivity contribution in [1.82, 2.24) is 14.6 Å². The Hall–Kier alpha value is -3.22. The van der Waals surface area contributed by atoms with Crippen molar-refractivity contribution >= 4 is 5.84 Å². The maximum absolute atomic E-state index is 13.8. The number of imidazole rings is 1. The summed E-state index contributed by atoms with van der Waals surface area (Å²) in [6.07, 6.45) is 5.07. The first kappa shape index (κ1) is 17.6. The van der Waals surface area contributed by atoms with E-state index in [-0.39, 0.29) is 12.2 Å². The van der Waals surface area contributed by atoms with Crippen LogP contribution in [0.15, 0.2) is 66.3 Å². The number of para-hydroxylation sites is 1. The SMILES string of the molecule is CN(C)/N=C(\c1ccccc1OCc1ccc(F)cc1F)n1ccnc1. The molecule has 2 aromatic carbocycles. The molecule has 3 aromatic rings. The first-order chi connectivity index (χ1) is 12.5. The van der Waals surface area contributed by atoms with Crippen molar-refractivity contribution in [3.05, 3.63) is 83.9 Å². The fourth-order valence-electron chi connectivity index (χ4n) is 2.39. The van der Waals surface area contributed by atoms with Crippen LogP contribution >= 0.6 is 0 Å². The summed E-state index contributed by atoms with van der Waals surface area (Å²) in [6, 6.07) is 10.7. The Kier molecular flexibility index (Phi) is 5.26. The molecule has 0 saturated heterocycles. The van der Waals surface area contributed by atoms with E-state index in [0.717, 1.165) is 11.6 Å².